The Labute approximate surface area is 81.2 Å². The predicted octanol–water partition coefficient (Wildman–Crippen LogP) is -0.105. The van der Waals surface area contributed by atoms with Gasteiger partial charge in [0.15, 0.2) is 5.75 Å². The predicted molar refractivity (Wildman–Crippen MR) is 52.4 cm³/mol. The summed E-state index contributed by atoms with van der Waals surface area (Å²) in [5.74, 6) is -0.314. The molecule has 0 aliphatic rings. The summed E-state index contributed by atoms with van der Waals surface area (Å²) in [6.07, 6.45) is 0.884. The average molecular weight is 218 g/mol. The molecule has 0 amide bonds. The Balaban J connectivity index is 3.17. The van der Waals surface area contributed by atoms with Gasteiger partial charge in [-0.25, -0.2) is 0 Å². The molecule has 7 heteroatoms. The second-order valence-electron chi connectivity index (χ2n) is 2.74. The highest BCUT2D eigenvalue weighted by Gasteiger charge is 2.10. The Morgan fingerprint density at radius 2 is 1.86 bits per heavy atom. The number of hydrogen-bond donors (Lipinski definition) is 3. The summed E-state index contributed by atoms with van der Waals surface area (Å²) in [5, 5.41) is 9.11. The van der Waals surface area contributed by atoms with Crippen LogP contribution in [0.3, 0.4) is 0 Å². The Bertz CT molecular complexity index is 455. The summed E-state index contributed by atoms with van der Waals surface area (Å²) < 4.78 is 26.1. The first-order chi connectivity index (χ1) is 6.29. The van der Waals surface area contributed by atoms with E-state index in [-0.39, 0.29) is 22.9 Å². The fourth-order valence-electron chi connectivity index (χ4n) is 0.836. The second kappa shape index (κ2) is 3.26. The molecule has 5 N–H and O–H groups in total. The minimum Gasteiger partial charge on any atom is -0.506 e. The second-order valence-corrected chi connectivity index (χ2v) is 4.31. The summed E-state index contributed by atoms with van der Waals surface area (Å²) in [7, 11) is -3.65. The van der Waals surface area contributed by atoms with Gasteiger partial charge in [0, 0.05) is 12.1 Å². The topological polar surface area (TPSA) is 116 Å². The lowest BCUT2D eigenvalue weighted by molar-refractivity contribution is 0.473. The molecule has 6 nitrogen and oxygen atoms in total. The molecule has 0 spiro atoms. The normalized spacial score (nSPS) is 11.2. The van der Waals surface area contributed by atoms with Gasteiger partial charge in [-0.3, -0.25) is 0 Å². The molecule has 0 fully saturated rings. The van der Waals surface area contributed by atoms with Crippen LogP contribution in [-0.4, -0.2) is 19.8 Å². The Kier molecular flexibility index (Phi) is 2.43. The standard InChI is InChI=1S/C7H10N2O4S/c1-14(11,12)13-7-3-4(8)6(10)2-5(7)9/h2-3,10H,8-9H2,1H3. The van der Waals surface area contributed by atoms with Gasteiger partial charge >= 0.3 is 10.1 Å². The highest BCUT2D eigenvalue weighted by molar-refractivity contribution is 7.86. The smallest absolute Gasteiger partial charge is 0.306 e. The molecule has 0 aliphatic heterocycles. The summed E-state index contributed by atoms with van der Waals surface area (Å²) in [6.45, 7) is 0. The molecule has 78 valence electrons. The fourth-order valence-corrected chi connectivity index (χ4v) is 1.31. The van der Waals surface area contributed by atoms with E-state index in [0.29, 0.717) is 0 Å². The molecule has 1 aromatic carbocycles. The third kappa shape index (κ3) is 2.43. The van der Waals surface area contributed by atoms with Crippen LogP contribution in [0.25, 0.3) is 0 Å². The summed E-state index contributed by atoms with van der Waals surface area (Å²) in [6, 6.07) is 2.27. The third-order valence-electron chi connectivity index (χ3n) is 1.40. The van der Waals surface area contributed by atoms with Crippen molar-refractivity contribution < 1.29 is 17.7 Å². The first kappa shape index (κ1) is 10.5. The maximum atomic E-state index is 10.8. The molecule has 0 aromatic heterocycles. The molecular weight excluding hydrogens is 208 g/mol. The van der Waals surface area contributed by atoms with Gasteiger partial charge in [0.05, 0.1) is 17.6 Å². The molecule has 0 unspecified atom stereocenters. The lowest BCUT2D eigenvalue weighted by Crippen LogP contribution is -2.07. The largest absolute Gasteiger partial charge is 0.506 e. The SMILES string of the molecule is CS(=O)(=O)Oc1cc(N)c(O)cc1N. The van der Waals surface area contributed by atoms with Crippen LogP contribution in [0.15, 0.2) is 12.1 Å². The van der Waals surface area contributed by atoms with Crippen molar-refractivity contribution >= 4 is 21.5 Å². The monoisotopic (exact) mass is 218 g/mol. The molecule has 0 saturated carbocycles. The molecule has 1 rings (SSSR count). The zero-order valence-corrected chi connectivity index (χ0v) is 8.21. The Morgan fingerprint density at radius 1 is 1.29 bits per heavy atom. The highest BCUT2D eigenvalue weighted by Crippen LogP contribution is 2.32. The van der Waals surface area contributed by atoms with Gasteiger partial charge in [-0.15, -0.1) is 0 Å². The van der Waals surface area contributed by atoms with Crippen molar-refractivity contribution in [2.45, 2.75) is 0 Å². The maximum absolute atomic E-state index is 10.8. The van der Waals surface area contributed by atoms with Crippen molar-refractivity contribution in [1.82, 2.24) is 0 Å². The molecule has 0 radical (unpaired) electrons. The number of anilines is 2. The van der Waals surface area contributed by atoms with E-state index in [1.807, 2.05) is 0 Å². The van der Waals surface area contributed by atoms with Gasteiger partial charge in [-0.2, -0.15) is 8.42 Å². The quantitative estimate of drug-likeness (QED) is 0.362. The van der Waals surface area contributed by atoms with E-state index in [0.717, 1.165) is 18.4 Å². The number of aromatic hydroxyl groups is 1. The van der Waals surface area contributed by atoms with Crippen LogP contribution >= 0.6 is 0 Å². The van der Waals surface area contributed by atoms with Gasteiger partial charge in [-0.1, -0.05) is 0 Å². The van der Waals surface area contributed by atoms with Crippen LogP contribution in [-0.2, 0) is 10.1 Å². The van der Waals surface area contributed by atoms with E-state index in [1.165, 1.54) is 0 Å². The van der Waals surface area contributed by atoms with Gasteiger partial charge in [-0.05, 0) is 0 Å². The van der Waals surface area contributed by atoms with Crippen LogP contribution in [0.2, 0.25) is 0 Å². The number of nitrogen functional groups attached to an aromatic ring is 2. The summed E-state index contributed by atoms with van der Waals surface area (Å²) in [5.41, 5.74) is 10.7. The van der Waals surface area contributed by atoms with Crippen molar-refractivity contribution in [3.05, 3.63) is 12.1 Å². The van der Waals surface area contributed by atoms with E-state index in [1.54, 1.807) is 0 Å². The van der Waals surface area contributed by atoms with E-state index < -0.39 is 10.1 Å². The van der Waals surface area contributed by atoms with E-state index in [4.69, 9.17) is 16.6 Å². The number of hydrogen-bond acceptors (Lipinski definition) is 6. The third-order valence-corrected chi connectivity index (χ3v) is 1.88. The van der Waals surface area contributed by atoms with Gasteiger partial charge in [0.25, 0.3) is 0 Å². The zero-order valence-electron chi connectivity index (χ0n) is 7.39. The molecule has 14 heavy (non-hydrogen) atoms. The highest BCUT2D eigenvalue weighted by atomic mass is 32.2. The number of rotatable bonds is 2. The van der Waals surface area contributed by atoms with Gasteiger partial charge in [0.2, 0.25) is 0 Å². The first-order valence-corrected chi connectivity index (χ1v) is 5.38. The maximum Gasteiger partial charge on any atom is 0.306 e. The molecule has 0 bridgehead atoms. The molecule has 0 saturated heterocycles. The lowest BCUT2D eigenvalue weighted by atomic mass is 10.2. The Hall–Kier alpha value is -1.63. The van der Waals surface area contributed by atoms with Crippen molar-refractivity contribution in [2.24, 2.45) is 0 Å². The van der Waals surface area contributed by atoms with Crippen LogP contribution in [0.1, 0.15) is 0 Å². The van der Waals surface area contributed by atoms with Crippen LogP contribution < -0.4 is 15.7 Å². The van der Waals surface area contributed by atoms with E-state index >= 15 is 0 Å². The first-order valence-electron chi connectivity index (χ1n) is 3.57. The summed E-state index contributed by atoms with van der Waals surface area (Å²) >= 11 is 0. The number of benzene rings is 1. The zero-order chi connectivity index (χ0) is 10.9. The van der Waals surface area contributed by atoms with Crippen LogP contribution in [0.5, 0.6) is 11.5 Å². The van der Waals surface area contributed by atoms with Crippen molar-refractivity contribution in [2.75, 3.05) is 17.7 Å². The number of phenols is 1. The van der Waals surface area contributed by atoms with Crippen LogP contribution in [0, 0.1) is 0 Å². The lowest BCUT2D eigenvalue weighted by Gasteiger charge is -2.07. The molecule has 1 aromatic rings. The Morgan fingerprint density at radius 3 is 2.36 bits per heavy atom. The van der Waals surface area contributed by atoms with Crippen molar-refractivity contribution in [3.63, 3.8) is 0 Å². The van der Waals surface area contributed by atoms with E-state index in [2.05, 4.69) is 4.18 Å². The van der Waals surface area contributed by atoms with Gasteiger partial charge in [0.1, 0.15) is 5.75 Å². The minimum atomic E-state index is -3.65. The molecule has 0 heterocycles. The van der Waals surface area contributed by atoms with Crippen LogP contribution in [0.4, 0.5) is 11.4 Å². The fraction of sp³-hybridized carbons (Fsp3) is 0.143. The minimum absolute atomic E-state index is 0.00197. The molecular formula is C7H10N2O4S. The molecule has 0 atom stereocenters. The summed E-state index contributed by atoms with van der Waals surface area (Å²) in [4.78, 5) is 0. The van der Waals surface area contributed by atoms with E-state index in [9.17, 15) is 8.42 Å². The number of phenolic OH excluding ortho intramolecular Hbond substituents is 1. The molecule has 0 aliphatic carbocycles. The van der Waals surface area contributed by atoms with Crippen molar-refractivity contribution in [1.29, 1.82) is 0 Å². The van der Waals surface area contributed by atoms with Crippen molar-refractivity contribution in [3.8, 4) is 11.5 Å². The van der Waals surface area contributed by atoms with Gasteiger partial charge < -0.3 is 20.8 Å². The number of nitrogens with two attached hydrogens (primary N) is 2. The average Bonchev–Trinajstić information content (AvgIpc) is 1.97.